The van der Waals surface area contributed by atoms with Crippen molar-refractivity contribution < 1.29 is 18.5 Å². The molecule has 4 nitrogen and oxygen atoms in total. The Kier molecular flexibility index (Phi) is 7.75. The highest BCUT2D eigenvalue weighted by atomic mass is 31.2. The minimum absolute atomic E-state index is 0. The number of hydrogen-bond donors (Lipinski definition) is 1. The zero-order valence-electron chi connectivity index (χ0n) is 8.63. The first-order chi connectivity index (χ1) is 7.14. The van der Waals surface area contributed by atoms with E-state index in [0.717, 1.165) is 12.8 Å². The second-order valence-electron chi connectivity index (χ2n) is 3.06. The average Bonchev–Trinajstić information content (AvgIpc) is 2.18. The number of unbranched alkanes of at least 4 members (excludes halogenated alkanes) is 1. The Bertz CT molecular complexity index is 331. The van der Waals surface area contributed by atoms with E-state index >= 15 is 0 Å². The van der Waals surface area contributed by atoms with Gasteiger partial charge in [-0.25, -0.2) is 4.57 Å². The van der Waals surface area contributed by atoms with E-state index in [4.69, 9.17) is 9.05 Å². The smallest absolute Gasteiger partial charge is 0.404 e. The maximum absolute atomic E-state index is 11.4. The Hall–Kier alpha value is -0.298. The Morgan fingerprint density at radius 2 is 1.94 bits per heavy atom. The highest BCUT2D eigenvalue weighted by Gasteiger charge is 2.21. The molecular weight excluding hydrogens is 242 g/mol. The van der Waals surface area contributed by atoms with E-state index in [2.05, 4.69) is 0 Å². The van der Waals surface area contributed by atoms with Crippen LogP contribution in [0, 0.1) is 0 Å². The van der Waals surface area contributed by atoms with Crippen molar-refractivity contribution in [1.82, 2.24) is 0 Å². The van der Waals surface area contributed by atoms with Crippen molar-refractivity contribution in [2.45, 2.75) is 19.8 Å². The van der Waals surface area contributed by atoms with Gasteiger partial charge in [0.2, 0.25) is 0 Å². The fraction of sp³-hybridized carbons (Fsp3) is 0.400. The summed E-state index contributed by atoms with van der Waals surface area (Å²) in [5.74, 6) is 0.333. The molecule has 0 heterocycles. The zero-order valence-corrected chi connectivity index (χ0v) is 9.52. The van der Waals surface area contributed by atoms with Crippen molar-refractivity contribution >= 4 is 25.2 Å². The summed E-state index contributed by atoms with van der Waals surface area (Å²) >= 11 is 0. The fourth-order valence-electron chi connectivity index (χ4n) is 0.965. The van der Waals surface area contributed by atoms with E-state index in [1.165, 1.54) is 0 Å². The van der Waals surface area contributed by atoms with Crippen molar-refractivity contribution in [2.24, 2.45) is 0 Å². The summed E-state index contributed by atoms with van der Waals surface area (Å²) in [5.41, 5.74) is 0. The number of benzene rings is 1. The molecule has 0 bridgehead atoms. The summed E-state index contributed by atoms with van der Waals surface area (Å²) in [7, 11) is -3.94. The molecule has 1 aromatic carbocycles. The maximum atomic E-state index is 11.4. The lowest BCUT2D eigenvalue weighted by Gasteiger charge is -2.12. The van der Waals surface area contributed by atoms with E-state index in [0.29, 0.717) is 5.75 Å². The van der Waals surface area contributed by atoms with E-state index in [-0.39, 0.29) is 24.0 Å². The fourth-order valence-corrected chi connectivity index (χ4v) is 1.77. The minimum atomic E-state index is -3.94. The Balaban J connectivity index is 0.00000225. The molecular formula is C10H18AlO4P. The van der Waals surface area contributed by atoms with Crippen molar-refractivity contribution in [3.05, 3.63) is 30.3 Å². The van der Waals surface area contributed by atoms with Gasteiger partial charge in [0.1, 0.15) is 5.75 Å². The second-order valence-corrected chi connectivity index (χ2v) is 4.44. The summed E-state index contributed by atoms with van der Waals surface area (Å²) in [6.45, 7) is 2.21. The normalized spacial score (nSPS) is 13.6. The lowest BCUT2D eigenvalue weighted by molar-refractivity contribution is 0.201. The number of para-hydroxylation sites is 1. The molecule has 0 spiro atoms. The monoisotopic (exact) mass is 260 g/mol. The van der Waals surface area contributed by atoms with Crippen LogP contribution in [0.2, 0.25) is 0 Å². The summed E-state index contributed by atoms with van der Waals surface area (Å²) in [6.07, 6.45) is 1.65. The van der Waals surface area contributed by atoms with Crippen LogP contribution >= 0.6 is 7.82 Å². The third kappa shape index (κ3) is 6.32. The van der Waals surface area contributed by atoms with E-state index in [9.17, 15) is 9.46 Å². The van der Waals surface area contributed by atoms with Gasteiger partial charge in [-0.3, -0.25) is 9.42 Å². The van der Waals surface area contributed by atoms with E-state index < -0.39 is 7.82 Å². The van der Waals surface area contributed by atoms with Crippen LogP contribution in [0.4, 0.5) is 0 Å². The molecule has 1 rings (SSSR count). The Labute approximate surface area is 106 Å². The molecule has 1 aromatic rings. The van der Waals surface area contributed by atoms with Gasteiger partial charge in [0.15, 0.2) is 17.4 Å². The predicted octanol–water partition coefficient (Wildman–Crippen LogP) is 1.80. The number of phosphoric ester groups is 1. The van der Waals surface area contributed by atoms with Gasteiger partial charge >= 0.3 is 7.82 Å². The molecule has 0 fully saturated rings. The molecule has 1 atom stereocenters. The topological polar surface area (TPSA) is 55.8 Å². The van der Waals surface area contributed by atoms with Crippen LogP contribution in [0.1, 0.15) is 19.8 Å². The molecule has 0 aliphatic rings. The van der Waals surface area contributed by atoms with Crippen molar-refractivity contribution in [3.8, 4) is 5.75 Å². The summed E-state index contributed by atoms with van der Waals surface area (Å²) in [4.78, 5) is 9.31. The quantitative estimate of drug-likeness (QED) is 0.481. The third-order valence-corrected chi connectivity index (χ3v) is 2.67. The highest BCUT2D eigenvalue weighted by Crippen LogP contribution is 2.43. The Morgan fingerprint density at radius 3 is 2.50 bits per heavy atom. The molecule has 0 saturated heterocycles. The molecule has 0 radical (unpaired) electrons. The molecule has 0 amide bonds. The van der Waals surface area contributed by atoms with E-state index in [1.807, 2.05) is 6.92 Å². The van der Waals surface area contributed by atoms with Gasteiger partial charge in [-0.2, -0.15) is 0 Å². The van der Waals surface area contributed by atoms with Gasteiger partial charge in [-0.05, 0) is 18.6 Å². The van der Waals surface area contributed by atoms with Gasteiger partial charge in [0.05, 0.1) is 6.61 Å². The standard InChI is InChI=1S/C10H15O4P.Al.3H/c1-2-3-9-13-15(11,12)14-10-7-5-4-6-8-10;;;;/h4-8H,2-3,9H2,1H3,(H,11,12);;;;. The minimum Gasteiger partial charge on any atom is -0.404 e. The number of phosphoric acid groups is 1. The SMILES string of the molecule is CCCCOP(=O)(O)Oc1ccccc1.[AlH3]. The molecule has 1 N–H and O–H groups in total. The first-order valence-corrected chi connectivity index (χ1v) is 6.35. The summed E-state index contributed by atoms with van der Waals surface area (Å²) < 4.78 is 21.0. The third-order valence-electron chi connectivity index (χ3n) is 1.72. The van der Waals surface area contributed by atoms with Crippen LogP contribution in [0.25, 0.3) is 0 Å². The van der Waals surface area contributed by atoms with Crippen LogP contribution in [0.15, 0.2) is 30.3 Å². The van der Waals surface area contributed by atoms with Crippen LogP contribution in [-0.2, 0) is 9.09 Å². The number of rotatable bonds is 6. The predicted molar refractivity (Wildman–Crippen MR) is 67.7 cm³/mol. The Morgan fingerprint density at radius 1 is 1.31 bits per heavy atom. The number of hydrogen-bond acceptors (Lipinski definition) is 3. The maximum Gasteiger partial charge on any atom is 0.527 e. The van der Waals surface area contributed by atoms with E-state index in [1.54, 1.807) is 30.3 Å². The van der Waals surface area contributed by atoms with Gasteiger partial charge in [-0.1, -0.05) is 31.5 Å². The summed E-state index contributed by atoms with van der Waals surface area (Å²) in [6, 6.07) is 8.45. The first kappa shape index (κ1) is 15.7. The molecule has 16 heavy (non-hydrogen) atoms. The van der Waals surface area contributed by atoms with Crippen molar-refractivity contribution in [1.29, 1.82) is 0 Å². The van der Waals surface area contributed by atoms with Gasteiger partial charge < -0.3 is 4.52 Å². The van der Waals surface area contributed by atoms with Gasteiger partial charge in [0, 0.05) is 0 Å². The van der Waals surface area contributed by atoms with Crippen molar-refractivity contribution in [3.63, 3.8) is 0 Å². The average molecular weight is 260 g/mol. The first-order valence-electron chi connectivity index (χ1n) is 4.86. The molecule has 6 heteroatoms. The lowest BCUT2D eigenvalue weighted by Crippen LogP contribution is -1.98. The lowest BCUT2D eigenvalue weighted by atomic mass is 10.3. The molecule has 0 saturated carbocycles. The largest absolute Gasteiger partial charge is 0.527 e. The van der Waals surface area contributed by atoms with Gasteiger partial charge in [-0.15, -0.1) is 0 Å². The second kappa shape index (κ2) is 7.89. The molecule has 1 unspecified atom stereocenters. The highest BCUT2D eigenvalue weighted by molar-refractivity contribution is 7.47. The molecule has 0 aliphatic heterocycles. The van der Waals surface area contributed by atoms with Crippen LogP contribution in [-0.4, -0.2) is 28.9 Å². The van der Waals surface area contributed by atoms with Crippen molar-refractivity contribution in [2.75, 3.05) is 6.61 Å². The van der Waals surface area contributed by atoms with Crippen LogP contribution in [0.5, 0.6) is 5.75 Å². The summed E-state index contributed by atoms with van der Waals surface area (Å²) in [5, 5.41) is 0. The molecule has 90 valence electrons. The van der Waals surface area contributed by atoms with Gasteiger partial charge in [0.25, 0.3) is 0 Å². The van der Waals surface area contributed by atoms with Crippen LogP contribution in [0.3, 0.4) is 0 Å². The molecule has 0 aliphatic carbocycles. The molecule has 0 aromatic heterocycles. The van der Waals surface area contributed by atoms with Crippen LogP contribution < -0.4 is 4.52 Å². The zero-order chi connectivity index (χ0) is 11.1.